The minimum atomic E-state index is 0.731. The van der Waals surface area contributed by atoms with Crippen molar-refractivity contribution in [3.05, 3.63) is 34.9 Å². The molecule has 2 rings (SSSR count). The second kappa shape index (κ2) is 6.39. The molecule has 0 saturated heterocycles. The van der Waals surface area contributed by atoms with Gasteiger partial charge in [0, 0.05) is 30.7 Å². The SMILES string of the molecule is NCCN(Cc1ccc(Cl)cc1)C1CCCC1. The zero-order valence-corrected chi connectivity index (χ0v) is 11.0. The van der Waals surface area contributed by atoms with E-state index in [1.807, 2.05) is 12.1 Å². The first kappa shape index (κ1) is 12.9. The Kier molecular flexibility index (Phi) is 4.84. The summed E-state index contributed by atoms with van der Waals surface area (Å²) in [5.74, 6) is 0. The van der Waals surface area contributed by atoms with E-state index in [1.165, 1.54) is 31.2 Å². The zero-order chi connectivity index (χ0) is 12.1. The average Bonchev–Trinajstić information content (AvgIpc) is 2.85. The van der Waals surface area contributed by atoms with E-state index in [0.29, 0.717) is 0 Å². The van der Waals surface area contributed by atoms with E-state index in [0.717, 1.165) is 30.7 Å². The van der Waals surface area contributed by atoms with Gasteiger partial charge in [0.25, 0.3) is 0 Å². The van der Waals surface area contributed by atoms with Crippen LogP contribution in [0.3, 0.4) is 0 Å². The monoisotopic (exact) mass is 252 g/mol. The molecule has 0 spiro atoms. The largest absolute Gasteiger partial charge is 0.329 e. The molecule has 1 aliphatic carbocycles. The fourth-order valence-electron chi connectivity index (χ4n) is 2.65. The maximum absolute atomic E-state index is 5.90. The van der Waals surface area contributed by atoms with Gasteiger partial charge in [-0.3, -0.25) is 4.90 Å². The highest BCUT2D eigenvalue weighted by Crippen LogP contribution is 2.24. The lowest BCUT2D eigenvalue weighted by Crippen LogP contribution is -2.36. The standard InChI is InChI=1S/C14H21ClN2/c15-13-7-5-12(6-8-13)11-17(10-9-16)14-3-1-2-4-14/h5-8,14H,1-4,9-11,16H2. The van der Waals surface area contributed by atoms with E-state index < -0.39 is 0 Å². The molecule has 0 bridgehead atoms. The summed E-state index contributed by atoms with van der Waals surface area (Å²) < 4.78 is 0. The molecule has 17 heavy (non-hydrogen) atoms. The number of rotatable bonds is 5. The molecule has 1 fully saturated rings. The summed E-state index contributed by atoms with van der Waals surface area (Å²) in [7, 11) is 0. The van der Waals surface area contributed by atoms with Gasteiger partial charge in [-0.05, 0) is 30.5 Å². The number of nitrogens with zero attached hydrogens (tertiary/aromatic N) is 1. The van der Waals surface area contributed by atoms with Crippen LogP contribution in [0.2, 0.25) is 5.02 Å². The van der Waals surface area contributed by atoms with Crippen molar-refractivity contribution in [2.45, 2.75) is 38.3 Å². The van der Waals surface area contributed by atoms with Gasteiger partial charge in [-0.15, -0.1) is 0 Å². The van der Waals surface area contributed by atoms with E-state index in [9.17, 15) is 0 Å². The van der Waals surface area contributed by atoms with Crippen LogP contribution in [-0.4, -0.2) is 24.0 Å². The van der Waals surface area contributed by atoms with E-state index in [-0.39, 0.29) is 0 Å². The molecule has 1 aliphatic rings. The molecule has 1 aromatic carbocycles. The maximum Gasteiger partial charge on any atom is 0.0406 e. The molecular weight excluding hydrogens is 232 g/mol. The van der Waals surface area contributed by atoms with Gasteiger partial charge in [0.15, 0.2) is 0 Å². The molecule has 1 saturated carbocycles. The third-order valence-corrected chi connectivity index (χ3v) is 3.81. The summed E-state index contributed by atoms with van der Waals surface area (Å²) in [6, 6.07) is 8.88. The molecule has 0 heterocycles. The van der Waals surface area contributed by atoms with Crippen LogP contribution in [0.4, 0.5) is 0 Å². The van der Waals surface area contributed by atoms with Crippen molar-refractivity contribution in [3.8, 4) is 0 Å². The van der Waals surface area contributed by atoms with Gasteiger partial charge in [0.2, 0.25) is 0 Å². The van der Waals surface area contributed by atoms with Crippen LogP contribution >= 0.6 is 11.6 Å². The molecule has 3 heteroatoms. The molecule has 2 nitrogen and oxygen atoms in total. The van der Waals surface area contributed by atoms with Gasteiger partial charge in [0.05, 0.1) is 0 Å². The zero-order valence-electron chi connectivity index (χ0n) is 10.2. The molecule has 1 aromatic rings. The van der Waals surface area contributed by atoms with Crippen molar-refractivity contribution in [1.29, 1.82) is 0 Å². The van der Waals surface area contributed by atoms with Crippen LogP contribution in [0.5, 0.6) is 0 Å². The van der Waals surface area contributed by atoms with Crippen LogP contribution < -0.4 is 5.73 Å². The van der Waals surface area contributed by atoms with Gasteiger partial charge >= 0.3 is 0 Å². The number of nitrogens with two attached hydrogens (primary N) is 1. The van der Waals surface area contributed by atoms with Crippen molar-refractivity contribution >= 4 is 11.6 Å². The number of hydrogen-bond donors (Lipinski definition) is 1. The number of hydrogen-bond acceptors (Lipinski definition) is 2. The predicted octanol–water partition coefficient (Wildman–Crippen LogP) is 3.04. The molecule has 0 amide bonds. The lowest BCUT2D eigenvalue weighted by atomic mass is 10.1. The van der Waals surface area contributed by atoms with Gasteiger partial charge in [-0.1, -0.05) is 36.6 Å². The van der Waals surface area contributed by atoms with Crippen molar-refractivity contribution in [2.24, 2.45) is 5.73 Å². The van der Waals surface area contributed by atoms with Crippen molar-refractivity contribution in [3.63, 3.8) is 0 Å². The second-order valence-electron chi connectivity index (χ2n) is 4.82. The van der Waals surface area contributed by atoms with E-state index >= 15 is 0 Å². The normalized spacial score (nSPS) is 16.9. The van der Waals surface area contributed by atoms with Gasteiger partial charge < -0.3 is 5.73 Å². The molecule has 94 valence electrons. The van der Waals surface area contributed by atoms with Crippen LogP contribution in [0.15, 0.2) is 24.3 Å². The minimum Gasteiger partial charge on any atom is -0.329 e. The Balaban J connectivity index is 1.98. The predicted molar refractivity (Wildman–Crippen MR) is 73.2 cm³/mol. The quantitative estimate of drug-likeness (QED) is 0.873. The van der Waals surface area contributed by atoms with Crippen LogP contribution in [0, 0.1) is 0 Å². The fraction of sp³-hybridized carbons (Fsp3) is 0.571. The number of halogens is 1. The molecule has 0 atom stereocenters. The highest BCUT2D eigenvalue weighted by Gasteiger charge is 2.21. The Morgan fingerprint density at radius 3 is 2.41 bits per heavy atom. The highest BCUT2D eigenvalue weighted by molar-refractivity contribution is 6.30. The Hall–Kier alpha value is -0.570. The summed E-state index contributed by atoms with van der Waals surface area (Å²) in [5, 5.41) is 0.806. The maximum atomic E-state index is 5.90. The van der Waals surface area contributed by atoms with Gasteiger partial charge in [-0.2, -0.15) is 0 Å². The molecular formula is C14H21ClN2. The van der Waals surface area contributed by atoms with Crippen LogP contribution in [0.25, 0.3) is 0 Å². The lowest BCUT2D eigenvalue weighted by molar-refractivity contribution is 0.195. The first-order chi connectivity index (χ1) is 8.29. The third kappa shape index (κ3) is 3.70. The second-order valence-corrected chi connectivity index (χ2v) is 5.26. The molecule has 2 N–H and O–H groups in total. The Bertz CT molecular complexity index is 331. The fourth-order valence-corrected chi connectivity index (χ4v) is 2.78. The molecule has 0 unspecified atom stereocenters. The summed E-state index contributed by atoms with van der Waals surface area (Å²) in [5.41, 5.74) is 7.04. The van der Waals surface area contributed by atoms with E-state index in [2.05, 4.69) is 17.0 Å². The summed E-state index contributed by atoms with van der Waals surface area (Å²) in [6.45, 7) is 2.73. The van der Waals surface area contributed by atoms with Gasteiger partial charge in [-0.25, -0.2) is 0 Å². The van der Waals surface area contributed by atoms with Crippen molar-refractivity contribution < 1.29 is 0 Å². The van der Waals surface area contributed by atoms with Crippen LogP contribution in [-0.2, 0) is 6.54 Å². The van der Waals surface area contributed by atoms with Gasteiger partial charge in [0.1, 0.15) is 0 Å². The molecule has 0 radical (unpaired) electrons. The van der Waals surface area contributed by atoms with Crippen LogP contribution in [0.1, 0.15) is 31.2 Å². The molecule has 0 aromatic heterocycles. The number of benzene rings is 1. The summed E-state index contributed by atoms with van der Waals surface area (Å²) >= 11 is 5.90. The van der Waals surface area contributed by atoms with Crippen molar-refractivity contribution in [2.75, 3.05) is 13.1 Å². The first-order valence-electron chi connectivity index (χ1n) is 6.48. The Morgan fingerprint density at radius 1 is 1.18 bits per heavy atom. The summed E-state index contributed by atoms with van der Waals surface area (Å²) in [6.07, 6.45) is 5.39. The average molecular weight is 253 g/mol. The van der Waals surface area contributed by atoms with E-state index in [1.54, 1.807) is 0 Å². The lowest BCUT2D eigenvalue weighted by Gasteiger charge is -2.28. The topological polar surface area (TPSA) is 29.3 Å². The summed E-state index contributed by atoms with van der Waals surface area (Å²) in [4.78, 5) is 2.52. The van der Waals surface area contributed by atoms with E-state index in [4.69, 9.17) is 17.3 Å². The third-order valence-electron chi connectivity index (χ3n) is 3.56. The van der Waals surface area contributed by atoms with Crippen molar-refractivity contribution in [1.82, 2.24) is 4.90 Å². The highest BCUT2D eigenvalue weighted by atomic mass is 35.5. The first-order valence-corrected chi connectivity index (χ1v) is 6.86. The Labute approximate surface area is 109 Å². The smallest absolute Gasteiger partial charge is 0.0406 e. The minimum absolute atomic E-state index is 0.731. The Morgan fingerprint density at radius 2 is 1.82 bits per heavy atom. The molecule has 0 aliphatic heterocycles.